The zero-order valence-corrected chi connectivity index (χ0v) is 16.0. The quantitative estimate of drug-likeness (QED) is 0.545. The van der Waals surface area contributed by atoms with Crippen molar-refractivity contribution in [1.82, 2.24) is 24.8 Å². The number of benzene rings is 2. The van der Waals surface area contributed by atoms with Crippen molar-refractivity contribution >= 4 is 22.5 Å². The van der Waals surface area contributed by atoms with Crippen LogP contribution in [0.3, 0.4) is 0 Å². The lowest BCUT2D eigenvalue weighted by Gasteiger charge is -2.25. The molecule has 0 saturated carbocycles. The van der Waals surface area contributed by atoms with Gasteiger partial charge in [0.25, 0.3) is 11.5 Å². The van der Waals surface area contributed by atoms with Crippen LogP contribution in [0.4, 0.5) is 4.39 Å². The van der Waals surface area contributed by atoms with Gasteiger partial charge in [-0.25, -0.2) is 8.91 Å². The summed E-state index contributed by atoms with van der Waals surface area (Å²) in [5, 5.41) is 7.63. The van der Waals surface area contributed by atoms with Gasteiger partial charge in [0.15, 0.2) is 0 Å². The van der Waals surface area contributed by atoms with Crippen molar-refractivity contribution in [2.45, 2.75) is 6.04 Å². The zero-order valence-electron chi connectivity index (χ0n) is 16.0. The molecule has 148 valence electrons. The second-order valence-corrected chi connectivity index (χ2v) is 7.03. The van der Waals surface area contributed by atoms with Crippen LogP contribution < -0.4 is 10.9 Å². The van der Waals surface area contributed by atoms with Crippen molar-refractivity contribution in [2.24, 2.45) is 0 Å². The van der Waals surface area contributed by atoms with E-state index < -0.39 is 0 Å². The number of hydrogen-bond donors (Lipinski definition) is 2. The third-order valence-corrected chi connectivity index (χ3v) is 4.94. The molecule has 4 rings (SSSR count). The van der Waals surface area contributed by atoms with Crippen molar-refractivity contribution in [3.05, 3.63) is 82.0 Å². The van der Waals surface area contributed by atoms with Crippen LogP contribution >= 0.6 is 0 Å². The maximum atomic E-state index is 13.6. The minimum Gasteiger partial charge on any atom is -0.350 e. The molecule has 2 aromatic carbocycles. The second-order valence-electron chi connectivity index (χ2n) is 7.03. The number of amides is 1. The Balaban J connectivity index is 1.63. The summed E-state index contributed by atoms with van der Waals surface area (Å²) in [6.45, 7) is 0.268. The van der Waals surface area contributed by atoms with E-state index in [1.807, 2.05) is 31.1 Å². The van der Waals surface area contributed by atoms with E-state index in [4.69, 9.17) is 0 Å². The molecule has 0 bridgehead atoms. The first-order valence-electron chi connectivity index (χ1n) is 9.14. The van der Waals surface area contributed by atoms with Gasteiger partial charge in [0, 0.05) is 6.54 Å². The fourth-order valence-electron chi connectivity index (χ4n) is 3.44. The molecule has 8 heteroatoms. The summed E-state index contributed by atoms with van der Waals surface area (Å²) in [6, 6.07) is 13.1. The number of halogens is 1. The van der Waals surface area contributed by atoms with Crippen molar-refractivity contribution in [2.75, 3.05) is 20.6 Å². The molecule has 2 N–H and O–H groups in total. The van der Waals surface area contributed by atoms with E-state index in [2.05, 4.69) is 15.4 Å². The maximum absolute atomic E-state index is 13.6. The first-order valence-corrected chi connectivity index (χ1v) is 9.14. The molecular weight excluding hydrogens is 373 g/mol. The van der Waals surface area contributed by atoms with Crippen LogP contribution in [0.1, 0.15) is 22.0 Å². The fourth-order valence-corrected chi connectivity index (χ4v) is 3.44. The first-order chi connectivity index (χ1) is 14.0. The van der Waals surface area contributed by atoms with E-state index in [0.29, 0.717) is 16.6 Å². The van der Waals surface area contributed by atoms with Crippen molar-refractivity contribution < 1.29 is 9.18 Å². The van der Waals surface area contributed by atoms with Gasteiger partial charge < -0.3 is 15.2 Å². The highest BCUT2D eigenvalue weighted by Crippen LogP contribution is 2.19. The summed E-state index contributed by atoms with van der Waals surface area (Å²) in [4.78, 5) is 29.8. The highest BCUT2D eigenvalue weighted by Gasteiger charge is 2.19. The maximum Gasteiger partial charge on any atom is 0.259 e. The molecule has 0 aliphatic rings. The fraction of sp³-hybridized carbons (Fsp3) is 0.190. The Hall–Kier alpha value is -3.52. The van der Waals surface area contributed by atoms with Crippen LogP contribution in [0.15, 0.2) is 59.5 Å². The Morgan fingerprint density at radius 2 is 2.03 bits per heavy atom. The molecule has 7 nitrogen and oxygen atoms in total. The Kier molecular flexibility index (Phi) is 4.85. The molecule has 1 atom stereocenters. The van der Waals surface area contributed by atoms with E-state index >= 15 is 0 Å². The number of fused-ring (bicyclic) bond motifs is 3. The van der Waals surface area contributed by atoms with Crippen molar-refractivity contribution in [1.29, 1.82) is 0 Å². The molecule has 1 amide bonds. The molecule has 0 radical (unpaired) electrons. The lowest BCUT2D eigenvalue weighted by molar-refractivity contribution is 0.0943. The van der Waals surface area contributed by atoms with Gasteiger partial charge in [-0.2, -0.15) is 5.10 Å². The molecule has 2 aromatic heterocycles. The monoisotopic (exact) mass is 393 g/mol. The number of carbonyl (C=O) groups excluding carboxylic acids is 1. The molecule has 4 aromatic rings. The van der Waals surface area contributed by atoms with Crippen molar-refractivity contribution in [3.63, 3.8) is 0 Å². The van der Waals surface area contributed by atoms with Crippen LogP contribution in [0.25, 0.3) is 16.6 Å². The summed E-state index contributed by atoms with van der Waals surface area (Å²) in [5.41, 5.74) is 1.70. The molecule has 0 aliphatic heterocycles. The predicted octanol–water partition coefficient (Wildman–Crippen LogP) is 2.35. The highest BCUT2D eigenvalue weighted by molar-refractivity contribution is 6.00. The number of carbonyl (C=O) groups is 1. The van der Waals surface area contributed by atoms with Crippen LogP contribution in [0.2, 0.25) is 0 Å². The Morgan fingerprint density at radius 1 is 1.24 bits per heavy atom. The summed E-state index contributed by atoms with van der Waals surface area (Å²) in [5.74, 6) is -0.693. The molecular formula is C21H20FN5O2. The number of rotatable bonds is 5. The summed E-state index contributed by atoms with van der Waals surface area (Å²) < 4.78 is 15.1. The van der Waals surface area contributed by atoms with Gasteiger partial charge in [0.05, 0.1) is 23.1 Å². The highest BCUT2D eigenvalue weighted by atomic mass is 19.1. The predicted molar refractivity (Wildman–Crippen MR) is 108 cm³/mol. The smallest absolute Gasteiger partial charge is 0.259 e. The molecule has 0 aliphatic carbocycles. The van der Waals surface area contributed by atoms with Gasteiger partial charge in [-0.05, 0) is 43.9 Å². The number of aromatic nitrogens is 3. The van der Waals surface area contributed by atoms with Gasteiger partial charge in [-0.3, -0.25) is 9.59 Å². The third kappa shape index (κ3) is 3.50. The first kappa shape index (κ1) is 18.8. The molecule has 0 fully saturated rings. The SMILES string of the molecule is CN(C)C(CNC(=O)c1cnn2c1[nH]c(=O)c1ccccc12)c1cccc(F)c1. The average molecular weight is 393 g/mol. The molecule has 1 unspecified atom stereocenters. The van der Waals surface area contributed by atoms with Crippen LogP contribution in [-0.4, -0.2) is 46.0 Å². The standard InChI is InChI=1S/C21H20FN5O2/c1-26(2)18(13-6-5-7-14(22)10-13)12-23-20(28)16-11-24-27-17-9-4-3-8-15(17)21(29)25-19(16)27/h3-11,18H,12H2,1-2H3,(H,23,28)(H,25,29). The Bertz CT molecular complexity index is 1260. The molecule has 0 saturated heterocycles. The molecule has 29 heavy (non-hydrogen) atoms. The van der Waals surface area contributed by atoms with Gasteiger partial charge in [0.2, 0.25) is 0 Å². The number of nitrogens with one attached hydrogen (secondary N) is 2. The van der Waals surface area contributed by atoms with Gasteiger partial charge in [0.1, 0.15) is 17.0 Å². The number of nitrogens with zero attached hydrogens (tertiary/aromatic N) is 3. The molecule has 0 spiro atoms. The minimum absolute atomic E-state index is 0.212. The van der Waals surface area contributed by atoms with Gasteiger partial charge in [-0.1, -0.05) is 24.3 Å². The van der Waals surface area contributed by atoms with E-state index in [1.165, 1.54) is 18.3 Å². The number of para-hydroxylation sites is 1. The summed E-state index contributed by atoms with van der Waals surface area (Å²) >= 11 is 0. The van der Waals surface area contributed by atoms with Crippen LogP contribution in [0, 0.1) is 5.82 Å². The number of hydrogen-bond acceptors (Lipinski definition) is 4. The summed E-state index contributed by atoms with van der Waals surface area (Å²) in [6.07, 6.45) is 1.43. The Labute approximate surface area is 165 Å². The lowest BCUT2D eigenvalue weighted by atomic mass is 10.1. The van der Waals surface area contributed by atoms with Crippen molar-refractivity contribution in [3.8, 4) is 0 Å². The Morgan fingerprint density at radius 3 is 2.79 bits per heavy atom. The van der Waals surface area contributed by atoms with E-state index in [-0.39, 0.29) is 35.4 Å². The topological polar surface area (TPSA) is 82.5 Å². The van der Waals surface area contributed by atoms with E-state index in [1.54, 1.807) is 28.8 Å². The second kappa shape index (κ2) is 7.48. The van der Waals surface area contributed by atoms with Gasteiger partial charge in [-0.15, -0.1) is 0 Å². The normalized spacial score (nSPS) is 12.6. The van der Waals surface area contributed by atoms with E-state index in [9.17, 15) is 14.0 Å². The van der Waals surface area contributed by atoms with Crippen LogP contribution in [0.5, 0.6) is 0 Å². The lowest BCUT2D eigenvalue weighted by Crippen LogP contribution is -2.34. The number of likely N-dealkylation sites (N-methyl/N-ethyl adjacent to an activating group) is 1. The number of H-pyrrole nitrogens is 1. The number of aromatic amines is 1. The van der Waals surface area contributed by atoms with Gasteiger partial charge >= 0.3 is 0 Å². The van der Waals surface area contributed by atoms with E-state index in [0.717, 1.165) is 5.56 Å². The summed E-state index contributed by atoms with van der Waals surface area (Å²) in [7, 11) is 3.72. The minimum atomic E-state index is -0.366. The largest absolute Gasteiger partial charge is 0.350 e. The van der Waals surface area contributed by atoms with Crippen LogP contribution in [-0.2, 0) is 0 Å². The molecule has 2 heterocycles. The third-order valence-electron chi connectivity index (χ3n) is 4.94. The average Bonchev–Trinajstić information content (AvgIpc) is 3.12. The zero-order chi connectivity index (χ0) is 20.5.